The van der Waals surface area contributed by atoms with Crippen LogP contribution in [0.4, 0.5) is 13.2 Å². The van der Waals surface area contributed by atoms with Gasteiger partial charge in [-0.25, -0.2) is 9.97 Å². The second-order valence-electron chi connectivity index (χ2n) is 3.48. The van der Waals surface area contributed by atoms with E-state index in [9.17, 15) is 13.2 Å². The Morgan fingerprint density at radius 2 is 1.89 bits per heavy atom. The quantitative estimate of drug-likeness (QED) is 0.845. The van der Waals surface area contributed by atoms with Gasteiger partial charge in [-0.2, -0.15) is 18.4 Å². The first-order valence-electron chi connectivity index (χ1n) is 5.06. The molecule has 2 aromatic heterocycles. The van der Waals surface area contributed by atoms with Crippen LogP contribution in [0.2, 0.25) is 0 Å². The van der Waals surface area contributed by atoms with Crippen molar-refractivity contribution in [2.24, 2.45) is 0 Å². The van der Waals surface area contributed by atoms with Crippen molar-refractivity contribution in [3.8, 4) is 6.07 Å². The summed E-state index contributed by atoms with van der Waals surface area (Å²) in [5.41, 5.74) is -0.361. The highest BCUT2D eigenvalue weighted by atomic mass is 32.2. The molecule has 0 radical (unpaired) electrons. The molecule has 2 heterocycles. The Morgan fingerprint density at radius 3 is 2.47 bits per heavy atom. The summed E-state index contributed by atoms with van der Waals surface area (Å²) in [6.45, 7) is 0. The first kappa shape index (κ1) is 13.4. The van der Waals surface area contributed by atoms with Gasteiger partial charge in [0.2, 0.25) is 0 Å². The highest BCUT2D eigenvalue weighted by molar-refractivity contribution is 7.99. The normalized spacial score (nSPS) is 11.1. The summed E-state index contributed by atoms with van der Waals surface area (Å²) in [4.78, 5) is 7.72. The van der Waals surface area contributed by atoms with Gasteiger partial charge in [0, 0.05) is 12.4 Å². The molecule has 0 saturated heterocycles. The van der Waals surface area contributed by atoms with E-state index < -0.39 is 11.7 Å². The average Bonchev–Trinajstić information content (AvgIpc) is 2.38. The van der Waals surface area contributed by atoms with E-state index in [2.05, 4.69) is 9.97 Å². The molecule has 0 aliphatic heterocycles. The SMILES string of the molecule is N#Cc1ccnc(Sc2ccc(C(F)(F)F)cn2)c1. The second-order valence-corrected chi connectivity index (χ2v) is 4.52. The van der Waals surface area contributed by atoms with Gasteiger partial charge < -0.3 is 0 Å². The van der Waals surface area contributed by atoms with E-state index in [1.807, 2.05) is 6.07 Å². The molecule has 19 heavy (non-hydrogen) atoms. The molecule has 2 aromatic rings. The van der Waals surface area contributed by atoms with Crippen LogP contribution in [0, 0.1) is 11.3 Å². The molecule has 0 atom stereocenters. The van der Waals surface area contributed by atoms with Gasteiger partial charge in [0.15, 0.2) is 0 Å². The van der Waals surface area contributed by atoms with Crippen molar-refractivity contribution in [1.82, 2.24) is 9.97 Å². The van der Waals surface area contributed by atoms with Crippen LogP contribution >= 0.6 is 11.8 Å². The Balaban J connectivity index is 2.18. The van der Waals surface area contributed by atoms with Crippen LogP contribution in [0.25, 0.3) is 0 Å². The topological polar surface area (TPSA) is 49.6 Å². The zero-order valence-electron chi connectivity index (χ0n) is 9.35. The standard InChI is InChI=1S/C12H6F3N3S/c13-12(14,15)9-1-2-10(18-7-9)19-11-5-8(6-16)3-4-17-11/h1-5,7H. The van der Waals surface area contributed by atoms with Crippen LogP contribution in [0.1, 0.15) is 11.1 Å². The summed E-state index contributed by atoms with van der Waals surface area (Å²) in [5.74, 6) is 0. The van der Waals surface area contributed by atoms with E-state index in [-0.39, 0.29) is 0 Å². The van der Waals surface area contributed by atoms with Gasteiger partial charge in [0.1, 0.15) is 10.1 Å². The predicted molar refractivity (Wildman–Crippen MR) is 62.3 cm³/mol. The molecular weight excluding hydrogens is 275 g/mol. The molecule has 3 nitrogen and oxygen atoms in total. The monoisotopic (exact) mass is 281 g/mol. The van der Waals surface area contributed by atoms with Crippen LogP contribution in [0.15, 0.2) is 46.7 Å². The minimum absolute atomic E-state index is 0.385. The Kier molecular flexibility index (Phi) is 3.71. The van der Waals surface area contributed by atoms with Crippen molar-refractivity contribution in [1.29, 1.82) is 5.26 Å². The smallest absolute Gasteiger partial charge is 0.249 e. The predicted octanol–water partition coefficient (Wildman–Crippen LogP) is 3.52. The van der Waals surface area contributed by atoms with Gasteiger partial charge in [0.25, 0.3) is 0 Å². The van der Waals surface area contributed by atoms with Crippen LogP contribution < -0.4 is 0 Å². The van der Waals surface area contributed by atoms with Crippen molar-refractivity contribution < 1.29 is 13.2 Å². The van der Waals surface area contributed by atoms with E-state index in [1.54, 1.807) is 12.1 Å². The van der Waals surface area contributed by atoms with Gasteiger partial charge in [-0.05, 0) is 24.3 Å². The summed E-state index contributed by atoms with van der Waals surface area (Å²) in [6.07, 6.45) is -2.16. The molecule has 0 aliphatic carbocycles. The number of halogens is 3. The lowest BCUT2D eigenvalue weighted by atomic mass is 10.3. The van der Waals surface area contributed by atoms with E-state index in [1.165, 1.54) is 12.3 Å². The molecule has 0 N–H and O–H groups in total. The summed E-state index contributed by atoms with van der Waals surface area (Å²) in [6, 6.07) is 7.28. The van der Waals surface area contributed by atoms with Gasteiger partial charge in [0.05, 0.1) is 17.2 Å². The fourth-order valence-corrected chi connectivity index (χ4v) is 2.01. The van der Waals surface area contributed by atoms with Crippen LogP contribution in [-0.2, 0) is 6.18 Å². The van der Waals surface area contributed by atoms with Crippen molar-refractivity contribution in [2.45, 2.75) is 16.2 Å². The minimum atomic E-state index is -4.39. The Morgan fingerprint density at radius 1 is 1.11 bits per heavy atom. The molecule has 0 fully saturated rings. The Hall–Kier alpha value is -2.07. The van der Waals surface area contributed by atoms with E-state index in [0.29, 0.717) is 15.6 Å². The number of nitrogens with zero attached hydrogens (tertiary/aromatic N) is 3. The molecule has 2 rings (SSSR count). The Bertz CT molecular complexity index is 617. The number of alkyl halides is 3. The van der Waals surface area contributed by atoms with E-state index >= 15 is 0 Å². The zero-order chi connectivity index (χ0) is 13.9. The first-order chi connectivity index (χ1) is 8.99. The van der Waals surface area contributed by atoms with Gasteiger partial charge in [-0.3, -0.25) is 0 Å². The maximum absolute atomic E-state index is 12.4. The van der Waals surface area contributed by atoms with Crippen molar-refractivity contribution in [2.75, 3.05) is 0 Å². The number of hydrogen-bond acceptors (Lipinski definition) is 4. The lowest BCUT2D eigenvalue weighted by Gasteiger charge is -2.06. The fourth-order valence-electron chi connectivity index (χ4n) is 1.25. The van der Waals surface area contributed by atoms with Gasteiger partial charge in [-0.1, -0.05) is 11.8 Å². The van der Waals surface area contributed by atoms with E-state index in [0.717, 1.165) is 24.0 Å². The molecule has 0 amide bonds. The number of nitriles is 1. The number of rotatable bonds is 2. The summed E-state index contributed by atoms with van der Waals surface area (Å²) in [5, 5.41) is 9.62. The molecule has 0 saturated carbocycles. The fraction of sp³-hybridized carbons (Fsp3) is 0.0833. The molecule has 0 unspecified atom stereocenters. The molecule has 0 spiro atoms. The lowest BCUT2D eigenvalue weighted by Crippen LogP contribution is -2.05. The average molecular weight is 281 g/mol. The van der Waals surface area contributed by atoms with Gasteiger partial charge in [-0.15, -0.1) is 0 Å². The highest BCUT2D eigenvalue weighted by Crippen LogP contribution is 2.31. The molecule has 0 aliphatic rings. The van der Waals surface area contributed by atoms with Gasteiger partial charge >= 0.3 is 6.18 Å². The van der Waals surface area contributed by atoms with Crippen LogP contribution in [0.5, 0.6) is 0 Å². The Labute approximate surface area is 111 Å². The summed E-state index contributed by atoms with van der Waals surface area (Å²) < 4.78 is 37.1. The van der Waals surface area contributed by atoms with E-state index in [4.69, 9.17) is 5.26 Å². The minimum Gasteiger partial charge on any atom is -0.249 e. The third kappa shape index (κ3) is 3.45. The number of aromatic nitrogens is 2. The van der Waals surface area contributed by atoms with Crippen molar-refractivity contribution in [3.63, 3.8) is 0 Å². The summed E-state index contributed by atoms with van der Waals surface area (Å²) >= 11 is 1.10. The zero-order valence-corrected chi connectivity index (χ0v) is 10.2. The van der Waals surface area contributed by atoms with Crippen LogP contribution in [0.3, 0.4) is 0 Å². The summed E-state index contributed by atoms with van der Waals surface area (Å²) in [7, 11) is 0. The largest absolute Gasteiger partial charge is 0.417 e. The maximum atomic E-state index is 12.4. The van der Waals surface area contributed by atoms with Crippen molar-refractivity contribution in [3.05, 3.63) is 47.8 Å². The number of pyridine rings is 2. The van der Waals surface area contributed by atoms with Crippen LogP contribution in [-0.4, -0.2) is 9.97 Å². The molecular formula is C12H6F3N3S. The molecule has 96 valence electrons. The molecule has 7 heteroatoms. The number of hydrogen-bond donors (Lipinski definition) is 0. The maximum Gasteiger partial charge on any atom is 0.417 e. The van der Waals surface area contributed by atoms with Crippen molar-refractivity contribution >= 4 is 11.8 Å². The third-order valence-corrected chi connectivity index (χ3v) is 3.02. The first-order valence-corrected chi connectivity index (χ1v) is 5.88. The lowest BCUT2D eigenvalue weighted by molar-refractivity contribution is -0.137. The second kappa shape index (κ2) is 5.28. The molecule has 0 aromatic carbocycles. The third-order valence-electron chi connectivity index (χ3n) is 2.14. The molecule has 0 bridgehead atoms. The highest BCUT2D eigenvalue weighted by Gasteiger charge is 2.30.